The van der Waals surface area contributed by atoms with E-state index in [-0.39, 0.29) is 23.6 Å². The molecule has 0 heterocycles. The molecule has 1 unspecified atom stereocenters. The monoisotopic (exact) mass is 244 g/mol. The molecule has 0 spiro atoms. The Balaban J connectivity index is 3.35. The molecule has 92 valence electrons. The number of hydrogen-bond donors (Lipinski definition) is 1. The minimum Gasteiger partial charge on any atom is -0.313 e. The summed E-state index contributed by atoms with van der Waals surface area (Å²) in [7, 11) is 3.96. The molecule has 0 aromatic carbocycles. The Bertz CT molecular complexity index is 162. The van der Waals surface area contributed by atoms with Gasteiger partial charge in [0.1, 0.15) is 0 Å². The molecule has 2 nitrogen and oxygen atoms in total. The summed E-state index contributed by atoms with van der Waals surface area (Å²) in [4.78, 5) is 2.06. The van der Waals surface area contributed by atoms with E-state index in [0.717, 1.165) is 13.0 Å². The fraction of sp³-hybridized carbons (Fsp3) is 1.00. The summed E-state index contributed by atoms with van der Waals surface area (Å²) >= 11 is 0.0270. The molecular formula is C9H19F3N2S. The molecule has 6 heteroatoms. The predicted molar refractivity (Wildman–Crippen MR) is 59.1 cm³/mol. The molecule has 0 amide bonds. The lowest BCUT2D eigenvalue weighted by molar-refractivity contribution is -0.0327. The first-order valence-electron chi connectivity index (χ1n) is 4.90. The van der Waals surface area contributed by atoms with Gasteiger partial charge >= 0.3 is 5.51 Å². The second-order valence-corrected chi connectivity index (χ2v) is 4.90. The molecule has 0 bridgehead atoms. The third kappa shape index (κ3) is 12.0. The summed E-state index contributed by atoms with van der Waals surface area (Å²) in [5, 5.41) is 3.06. The van der Waals surface area contributed by atoms with Crippen LogP contribution in [0.3, 0.4) is 0 Å². The van der Waals surface area contributed by atoms with Gasteiger partial charge in [-0.05, 0) is 45.7 Å². The van der Waals surface area contributed by atoms with Crippen LogP contribution in [0.1, 0.15) is 13.3 Å². The molecule has 0 saturated heterocycles. The molecule has 1 N–H and O–H groups in total. The fourth-order valence-corrected chi connectivity index (χ4v) is 1.48. The first-order valence-corrected chi connectivity index (χ1v) is 5.88. The van der Waals surface area contributed by atoms with Gasteiger partial charge < -0.3 is 10.2 Å². The van der Waals surface area contributed by atoms with E-state index in [1.807, 2.05) is 21.0 Å². The maximum Gasteiger partial charge on any atom is 0.441 e. The van der Waals surface area contributed by atoms with E-state index in [1.165, 1.54) is 0 Å². The fourth-order valence-electron chi connectivity index (χ4n) is 1.03. The van der Waals surface area contributed by atoms with E-state index >= 15 is 0 Å². The minimum absolute atomic E-state index is 0.0270. The summed E-state index contributed by atoms with van der Waals surface area (Å²) in [5.41, 5.74) is -4.10. The van der Waals surface area contributed by atoms with Gasteiger partial charge in [0.15, 0.2) is 0 Å². The van der Waals surface area contributed by atoms with Crippen LogP contribution in [0.4, 0.5) is 13.2 Å². The van der Waals surface area contributed by atoms with Crippen molar-refractivity contribution in [2.24, 2.45) is 0 Å². The Hall–Kier alpha value is 0.0600. The average molecular weight is 244 g/mol. The molecule has 0 aromatic rings. The zero-order chi connectivity index (χ0) is 11.9. The molecule has 0 radical (unpaired) electrons. The van der Waals surface area contributed by atoms with E-state index in [1.54, 1.807) is 0 Å². The average Bonchev–Trinajstić information content (AvgIpc) is 2.07. The van der Waals surface area contributed by atoms with Gasteiger partial charge in [-0.2, -0.15) is 13.2 Å². The van der Waals surface area contributed by atoms with Crippen LogP contribution in [0.25, 0.3) is 0 Å². The minimum atomic E-state index is -4.10. The molecule has 0 saturated carbocycles. The van der Waals surface area contributed by atoms with Crippen molar-refractivity contribution >= 4 is 11.8 Å². The van der Waals surface area contributed by atoms with Crippen LogP contribution >= 0.6 is 11.8 Å². The maximum absolute atomic E-state index is 11.8. The van der Waals surface area contributed by atoms with Crippen molar-refractivity contribution in [3.63, 3.8) is 0 Å². The highest BCUT2D eigenvalue weighted by atomic mass is 32.2. The molecule has 0 aromatic heterocycles. The Labute approximate surface area is 93.6 Å². The highest BCUT2D eigenvalue weighted by molar-refractivity contribution is 8.00. The second kappa shape index (κ2) is 7.35. The van der Waals surface area contributed by atoms with E-state index < -0.39 is 5.51 Å². The summed E-state index contributed by atoms with van der Waals surface area (Å²) < 4.78 is 35.3. The summed E-state index contributed by atoms with van der Waals surface area (Å²) in [6, 6.07) is 0.265. The van der Waals surface area contributed by atoms with Gasteiger partial charge in [-0.25, -0.2) is 0 Å². The number of thioether (sulfide) groups is 1. The van der Waals surface area contributed by atoms with Crippen molar-refractivity contribution < 1.29 is 13.2 Å². The number of nitrogens with one attached hydrogen (secondary N) is 1. The quantitative estimate of drug-likeness (QED) is 0.691. The van der Waals surface area contributed by atoms with E-state index in [0.29, 0.717) is 6.54 Å². The number of hydrogen-bond acceptors (Lipinski definition) is 3. The largest absolute Gasteiger partial charge is 0.441 e. The lowest BCUT2D eigenvalue weighted by Gasteiger charge is -2.16. The molecular weight excluding hydrogens is 225 g/mol. The summed E-state index contributed by atoms with van der Waals surface area (Å²) in [5.74, 6) is 0.0792. The van der Waals surface area contributed by atoms with Crippen molar-refractivity contribution in [1.29, 1.82) is 0 Å². The van der Waals surface area contributed by atoms with Crippen LogP contribution in [0, 0.1) is 0 Å². The van der Waals surface area contributed by atoms with Gasteiger partial charge in [0, 0.05) is 18.3 Å². The van der Waals surface area contributed by atoms with Crippen molar-refractivity contribution in [1.82, 2.24) is 10.2 Å². The molecule has 0 aliphatic rings. The molecule has 0 aliphatic carbocycles. The zero-order valence-electron chi connectivity index (χ0n) is 9.40. The predicted octanol–water partition coefficient (Wildman–Crippen LogP) is 2.17. The van der Waals surface area contributed by atoms with Crippen molar-refractivity contribution in [2.75, 3.05) is 32.9 Å². The number of rotatable bonds is 7. The van der Waals surface area contributed by atoms with E-state index in [2.05, 4.69) is 10.2 Å². The molecule has 0 aliphatic heterocycles. The zero-order valence-corrected chi connectivity index (χ0v) is 10.2. The molecule has 15 heavy (non-hydrogen) atoms. The molecule has 0 fully saturated rings. The smallest absolute Gasteiger partial charge is 0.313 e. The normalized spacial score (nSPS) is 14.6. The van der Waals surface area contributed by atoms with E-state index in [9.17, 15) is 13.2 Å². The van der Waals surface area contributed by atoms with Crippen LogP contribution in [0.2, 0.25) is 0 Å². The Morgan fingerprint density at radius 2 is 1.93 bits per heavy atom. The lowest BCUT2D eigenvalue weighted by atomic mass is 10.2. The number of nitrogens with zero attached hydrogens (tertiary/aromatic N) is 1. The van der Waals surface area contributed by atoms with E-state index in [4.69, 9.17) is 0 Å². The highest BCUT2D eigenvalue weighted by Gasteiger charge is 2.27. The topological polar surface area (TPSA) is 15.3 Å². The van der Waals surface area contributed by atoms with Crippen LogP contribution in [-0.2, 0) is 0 Å². The first-order chi connectivity index (χ1) is 6.81. The first kappa shape index (κ1) is 15.1. The van der Waals surface area contributed by atoms with Crippen molar-refractivity contribution in [3.8, 4) is 0 Å². The van der Waals surface area contributed by atoms with Crippen LogP contribution in [0.5, 0.6) is 0 Å². The second-order valence-electron chi connectivity index (χ2n) is 3.74. The third-order valence-electron chi connectivity index (χ3n) is 1.87. The van der Waals surface area contributed by atoms with Gasteiger partial charge in [-0.1, -0.05) is 0 Å². The Morgan fingerprint density at radius 3 is 2.40 bits per heavy atom. The number of alkyl halides is 3. The summed E-state index contributed by atoms with van der Waals surface area (Å²) in [6.07, 6.45) is 0.948. The van der Waals surface area contributed by atoms with Crippen molar-refractivity contribution in [2.45, 2.75) is 24.9 Å². The third-order valence-corrected chi connectivity index (χ3v) is 2.61. The van der Waals surface area contributed by atoms with Crippen LogP contribution in [-0.4, -0.2) is 49.4 Å². The highest BCUT2D eigenvalue weighted by Crippen LogP contribution is 2.29. The standard InChI is InChI=1S/C9H19F3N2S/c1-8(4-6-14(2)3)13-5-7-15-9(10,11)12/h8,13H,4-7H2,1-3H3. The van der Waals surface area contributed by atoms with Gasteiger partial charge in [0.2, 0.25) is 0 Å². The van der Waals surface area contributed by atoms with Crippen LogP contribution in [0.15, 0.2) is 0 Å². The Morgan fingerprint density at radius 1 is 1.33 bits per heavy atom. The van der Waals surface area contributed by atoms with Crippen LogP contribution < -0.4 is 5.32 Å². The van der Waals surface area contributed by atoms with Crippen molar-refractivity contribution in [3.05, 3.63) is 0 Å². The summed E-state index contributed by atoms with van der Waals surface area (Å²) in [6.45, 7) is 3.33. The van der Waals surface area contributed by atoms with Gasteiger partial charge in [0.05, 0.1) is 0 Å². The Kier molecular flexibility index (Phi) is 7.38. The number of halogens is 3. The molecule has 0 rings (SSSR count). The van der Waals surface area contributed by atoms with Gasteiger partial charge in [-0.3, -0.25) is 0 Å². The van der Waals surface area contributed by atoms with Gasteiger partial charge in [-0.15, -0.1) is 0 Å². The molecule has 1 atom stereocenters. The van der Waals surface area contributed by atoms with Gasteiger partial charge in [0.25, 0.3) is 0 Å². The lowest BCUT2D eigenvalue weighted by Crippen LogP contribution is -2.31. The SMILES string of the molecule is CC(CCN(C)C)NCCSC(F)(F)F. The maximum atomic E-state index is 11.8.